The lowest BCUT2D eigenvalue weighted by Gasteiger charge is -2.05. The molecule has 3 heteroatoms. The normalized spacial score (nSPS) is 11.5. The van der Waals surface area contributed by atoms with Crippen LogP contribution in [0.3, 0.4) is 0 Å². The summed E-state index contributed by atoms with van der Waals surface area (Å²) in [5.41, 5.74) is 15.6. The van der Waals surface area contributed by atoms with Crippen molar-refractivity contribution in [3.05, 3.63) is 149 Å². The molecule has 0 aliphatic rings. The van der Waals surface area contributed by atoms with Crippen LogP contribution in [0.1, 0.15) is 27.8 Å². The van der Waals surface area contributed by atoms with Crippen LogP contribution in [-0.4, -0.2) is 0 Å². The smallest absolute Gasteiger partial charge is 0.214 e. The van der Waals surface area contributed by atoms with Gasteiger partial charge in [0, 0.05) is 40.8 Å². The molecule has 38 heavy (non-hydrogen) atoms. The Morgan fingerprint density at radius 2 is 1.03 bits per heavy atom. The second-order valence-electron chi connectivity index (χ2n) is 9.88. The molecule has 0 saturated heterocycles. The van der Waals surface area contributed by atoms with E-state index in [4.69, 9.17) is 5.73 Å². The molecule has 3 nitrogen and oxygen atoms in total. The SMILES string of the molecule is Cc1cc[n+](Cc2ccc(/C=C\c3ccc(C[n+]4ccc(N)c5ccccc54)cc3)cc2)c2ccccc12. The van der Waals surface area contributed by atoms with Crippen molar-refractivity contribution in [1.82, 2.24) is 0 Å². The number of pyridine rings is 2. The van der Waals surface area contributed by atoms with E-state index < -0.39 is 0 Å². The molecule has 184 valence electrons. The van der Waals surface area contributed by atoms with E-state index in [-0.39, 0.29) is 0 Å². The highest BCUT2D eigenvalue weighted by atomic mass is 15.0. The molecule has 0 unspecified atom stereocenters. The molecule has 2 heterocycles. The van der Waals surface area contributed by atoms with Crippen LogP contribution in [0.25, 0.3) is 34.0 Å². The Hall–Kier alpha value is -4.76. The number of benzene rings is 4. The number of nitrogens with zero attached hydrogens (tertiary/aromatic N) is 2. The van der Waals surface area contributed by atoms with Crippen LogP contribution in [0, 0.1) is 6.92 Å². The lowest BCUT2D eigenvalue weighted by atomic mass is 10.1. The fourth-order valence-corrected chi connectivity index (χ4v) is 5.07. The van der Waals surface area contributed by atoms with E-state index in [1.54, 1.807) is 0 Å². The number of anilines is 1. The van der Waals surface area contributed by atoms with Crippen LogP contribution in [0.4, 0.5) is 5.69 Å². The van der Waals surface area contributed by atoms with Gasteiger partial charge in [0.25, 0.3) is 0 Å². The fourth-order valence-electron chi connectivity index (χ4n) is 5.07. The van der Waals surface area contributed by atoms with Crippen molar-refractivity contribution in [2.45, 2.75) is 20.0 Å². The highest BCUT2D eigenvalue weighted by Gasteiger charge is 2.12. The van der Waals surface area contributed by atoms with Gasteiger partial charge in [0.2, 0.25) is 11.0 Å². The lowest BCUT2D eigenvalue weighted by Crippen LogP contribution is -2.34. The van der Waals surface area contributed by atoms with Crippen LogP contribution in [0.2, 0.25) is 0 Å². The lowest BCUT2D eigenvalue weighted by molar-refractivity contribution is -0.662. The topological polar surface area (TPSA) is 33.8 Å². The Bertz CT molecular complexity index is 1630. The molecular formula is C35H31N3+2. The number of fused-ring (bicyclic) bond motifs is 2. The van der Waals surface area contributed by atoms with E-state index in [1.807, 2.05) is 12.1 Å². The summed E-state index contributed by atoms with van der Waals surface area (Å²) in [5.74, 6) is 0. The first-order valence-corrected chi connectivity index (χ1v) is 13.0. The Labute approximate surface area is 223 Å². The van der Waals surface area contributed by atoms with Gasteiger partial charge in [-0.15, -0.1) is 0 Å². The monoisotopic (exact) mass is 493 g/mol. The summed E-state index contributed by atoms with van der Waals surface area (Å²) in [5, 5.41) is 2.40. The molecule has 0 atom stereocenters. The Kier molecular flexibility index (Phi) is 6.41. The average molecular weight is 494 g/mol. The van der Waals surface area contributed by atoms with Gasteiger partial charge in [-0.2, -0.15) is 9.13 Å². The van der Waals surface area contributed by atoms with Crippen LogP contribution in [0.5, 0.6) is 0 Å². The third-order valence-electron chi connectivity index (χ3n) is 7.23. The number of hydrogen-bond donors (Lipinski definition) is 1. The van der Waals surface area contributed by atoms with Gasteiger partial charge in [-0.3, -0.25) is 0 Å². The molecule has 4 aromatic carbocycles. The zero-order valence-corrected chi connectivity index (χ0v) is 21.6. The van der Waals surface area contributed by atoms with Gasteiger partial charge >= 0.3 is 0 Å². The van der Waals surface area contributed by atoms with Crippen molar-refractivity contribution < 1.29 is 9.13 Å². The zero-order valence-electron chi connectivity index (χ0n) is 21.6. The van der Waals surface area contributed by atoms with Crippen molar-refractivity contribution in [2.24, 2.45) is 0 Å². The van der Waals surface area contributed by atoms with E-state index in [0.717, 1.165) is 29.7 Å². The van der Waals surface area contributed by atoms with Crippen molar-refractivity contribution in [3.63, 3.8) is 0 Å². The largest absolute Gasteiger partial charge is 0.398 e. The maximum Gasteiger partial charge on any atom is 0.214 e. The van der Waals surface area contributed by atoms with Crippen molar-refractivity contribution in [3.8, 4) is 0 Å². The predicted molar refractivity (Wildman–Crippen MR) is 157 cm³/mol. The molecule has 0 bridgehead atoms. The summed E-state index contributed by atoms with van der Waals surface area (Å²) >= 11 is 0. The molecule has 0 aliphatic heterocycles. The molecule has 0 spiro atoms. The third-order valence-corrected chi connectivity index (χ3v) is 7.23. The summed E-state index contributed by atoms with van der Waals surface area (Å²) in [6, 6.07) is 38.6. The standard InChI is InChI=1S/C35H30N3/c1-26-20-22-37(34-8-4-2-6-31(26)34)24-29-16-12-27(13-17-29)10-11-28-14-18-30(19-15-28)25-38-23-21-33(36)32-7-3-5-9-35(32)38/h2-23,36H,24-25H2,1H3/q+1/p+1/b11-10-. The van der Waals surface area contributed by atoms with Crippen molar-refractivity contribution >= 4 is 39.6 Å². The Balaban J connectivity index is 1.13. The number of aromatic nitrogens is 2. The van der Waals surface area contributed by atoms with Crippen LogP contribution < -0.4 is 14.9 Å². The molecule has 0 amide bonds. The second kappa shape index (κ2) is 10.3. The second-order valence-corrected chi connectivity index (χ2v) is 9.88. The molecular weight excluding hydrogens is 462 g/mol. The maximum absolute atomic E-state index is 6.17. The number of nitrogens with two attached hydrogens (primary N) is 1. The minimum atomic E-state index is 0.806. The summed E-state index contributed by atoms with van der Waals surface area (Å²) in [6.07, 6.45) is 8.60. The van der Waals surface area contributed by atoms with Crippen LogP contribution in [0.15, 0.2) is 122 Å². The van der Waals surface area contributed by atoms with E-state index in [2.05, 4.69) is 138 Å². The number of para-hydroxylation sites is 2. The molecule has 0 aliphatic carbocycles. The highest BCUT2D eigenvalue weighted by Crippen LogP contribution is 2.18. The fraction of sp³-hybridized carbons (Fsp3) is 0.0857. The molecule has 6 aromatic rings. The van der Waals surface area contributed by atoms with E-state index in [0.29, 0.717) is 0 Å². The number of hydrogen-bond acceptors (Lipinski definition) is 1. The molecule has 0 radical (unpaired) electrons. The van der Waals surface area contributed by atoms with Gasteiger partial charge < -0.3 is 5.73 Å². The van der Waals surface area contributed by atoms with Crippen molar-refractivity contribution in [2.75, 3.05) is 5.73 Å². The van der Waals surface area contributed by atoms with Gasteiger partial charge in [-0.1, -0.05) is 84.9 Å². The zero-order chi connectivity index (χ0) is 25.9. The molecule has 0 fully saturated rings. The van der Waals surface area contributed by atoms with E-state index in [1.165, 1.54) is 38.7 Å². The predicted octanol–water partition coefficient (Wildman–Crippen LogP) is 6.73. The van der Waals surface area contributed by atoms with Gasteiger partial charge in [0.15, 0.2) is 25.5 Å². The quantitative estimate of drug-likeness (QED) is 0.203. The van der Waals surface area contributed by atoms with Crippen molar-refractivity contribution in [1.29, 1.82) is 0 Å². The van der Waals surface area contributed by atoms with Gasteiger partial charge in [0.1, 0.15) is 0 Å². The van der Waals surface area contributed by atoms with E-state index in [9.17, 15) is 0 Å². The highest BCUT2D eigenvalue weighted by molar-refractivity contribution is 5.87. The number of nitrogen functional groups attached to an aromatic ring is 1. The van der Waals surface area contributed by atoms with Crippen LogP contribution >= 0.6 is 0 Å². The first kappa shape index (κ1) is 23.6. The number of rotatable bonds is 6. The summed E-state index contributed by atoms with van der Waals surface area (Å²) in [4.78, 5) is 0. The average Bonchev–Trinajstić information content (AvgIpc) is 2.97. The van der Waals surface area contributed by atoms with Crippen LogP contribution in [-0.2, 0) is 13.1 Å². The summed E-state index contributed by atoms with van der Waals surface area (Å²) < 4.78 is 4.57. The molecule has 2 aromatic heterocycles. The Morgan fingerprint density at radius 3 is 1.61 bits per heavy atom. The Morgan fingerprint density at radius 1 is 0.553 bits per heavy atom. The summed E-state index contributed by atoms with van der Waals surface area (Å²) in [6.45, 7) is 3.83. The minimum absolute atomic E-state index is 0.806. The van der Waals surface area contributed by atoms with Gasteiger partial charge in [-0.05, 0) is 35.7 Å². The minimum Gasteiger partial charge on any atom is -0.398 e. The number of aryl methyl sites for hydroxylation is 1. The third kappa shape index (κ3) is 4.91. The molecule has 2 N–H and O–H groups in total. The first-order chi connectivity index (χ1) is 18.6. The first-order valence-electron chi connectivity index (χ1n) is 13.0. The van der Waals surface area contributed by atoms with Gasteiger partial charge in [-0.25, -0.2) is 0 Å². The van der Waals surface area contributed by atoms with E-state index >= 15 is 0 Å². The summed E-state index contributed by atoms with van der Waals surface area (Å²) in [7, 11) is 0. The maximum atomic E-state index is 6.17. The molecule has 6 rings (SSSR count). The molecule has 0 saturated carbocycles. The van der Waals surface area contributed by atoms with Gasteiger partial charge in [0.05, 0.1) is 11.1 Å².